The SMILES string of the molecule is COc1ccc(NC(=O)c2cccc(N3C(=O)[C@H]4CC[C@H](C)C[C@H]4C3=O)c2)cc1. The van der Waals surface area contributed by atoms with E-state index in [1.807, 2.05) is 0 Å². The van der Waals surface area contributed by atoms with Crippen molar-refractivity contribution in [3.05, 3.63) is 54.1 Å². The van der Waals surface area contributed by atoms with Gasteiger partial charge in [-0.05, 0) is 67.6 Å². The minimum atomic E-state index is -0.304. The Bertz CT molecular complexity index is 954. The zero-order valence-corrected chi connectivity index (χ0v) is 16.6. The van der Waals surface area contributed by atoms with Crippen molar-refractivity contribution >= 4 is 29.1 Å². The first-order valence-corrected chi connectivity index (χ1v) is 9.91. The Labute approximate surface area is 169 Å². The summed E-state index contributed by atoms with van der Waals surface area (Å²) in [6, 6.07) is 13.7. The average Bonchev–Trinajstić information content (AvgIpc) is 2.98. The van der Waals surface area contributed by atoms with Crippen LogP contribution in [0.15, 0.2) is 48.5 Å². The van der Waals surface area contributed by atoms with Gasteiger partial charge >= 0.3 is 0 Å². The van der Waals surface area contributed by atoms with Crippen molar-refractivity contribution in [1.29, 1.82) is 0 Å². The Morgan fingerprint density at radius 2 is 1.76 bits per heavy atom. The molecule has 1 aliphatic carbocycles. The molecule has 1 aliphatic heterocycles. The van der Waals surface area contributed by atoms with E-state index < -0.39 is 0 Å². The van der Waals surface area contributed by atoms with Gasteiger partial charge in [-0.15, -0.1) is 0 Å². The number of hydrogen-bond donors (Lipinski definition) is 1. The number of hydrogen-bond acceptors (Lipinski definition) is 4. The lowest BCUT2D eigenvalue weighted by Crippen LogP contribution is -2.31. The third-order valence-corrected chi connectivity index (χ3v) is 5.90. The second-order valence-corrected chi connectivity index (χ2v) is 7.88. The number of ether oxygens (including phenoxy) is 1. The molecule has 0 radical (unpaired) electrons. The molecule has 6 nitrogen and oxygen atoms in total. The zero-order valence-electron chi connectivity index (χ0n) is 16.6. The molecule has 2 aromatic carbocycles. The fraction of sp³-hybridized carbons (Fsp3) is 0.348. The van der Waals surface area contributed by atoms with E-state index in [9.17, 15) is 14.4 Å². The normalized spacial score (nSPS) is 23.7. The second-order valence-electron chi connectivity index (χ2n) is 7.88. The van der Waals surface area contributed by atoms with Crippen LogP contribution in [0, 0.1) is 17.8 Å². The molecule has 1 saturated heterocycles. The van der Waals surface area contributed by atoms with Gasteiger partial charge in [0.2, 0.25) is 11.8 Å². The number of fused-ring (bicyclic) bond motifs is 1. The van der Waals surface area contributed by atoms with Crippen LogP contribution in [0.25, 0.3) is 0 Å². The molecule has 0 spiro atoms. The third kappa shape index (κ3) is 3.62. The van der Waals surface area contributed by atoms with E-state index in [-0.39, 0.29) is 29.6 Å². The molecular formula is C23H24N2O4. The standard InChI is InChI=1S/C23H24N2O4/c1-14-6-11-19-20(12-14)23(28)25(22(19)27)17-5-3-4-15(13-17)21(26)24-16-7-9-18(29-2)10-8-16/h3-5,7-10,13-14,19-20H,6,11-12H2,1-2H3,(H,24,26)/t14-,19-,20+/m0/s1. The van der Waals surface area contributed by atoms with E-state index in [1.54, 1.807) is 55.6 Å². The lowest BCUT2D eigenvalue weighted by molar-refractivity contribution is -0.122. The van der Waals surface area contributed by atoms with Crippen molar-refractivity contribution < 1.29 is 19.1 Å². The first-order valence-electron chi connectivity index (χ1n) is 9.91. The van der Waals surface area contributed by atoms with Crippen LogP contribution in [-0.4, -0.2) is 24.8 Å². The van der Waals surface area contributed by atoms with Crippen LogP contribution in [0.5, 0.6) is 5.75 Å². The summed E-state index contributed by atoms with van der Waals surface area (Å²) in [5.74, 6) is 0.112. The van der Waals surface area contributed by atoms with Gasteiger partial charge in [0.25, 0.3) is 5.91 Å². The molecule has 3 atom stereocenters. The Balaban J connectivity index is 1.54. The number of amides is 3. The highest BCUT2D eigenvalue weighted by Gasteiger charge is 2.50. The summed E-state index contributed by atoms with van der Waals surface area (Å²) in [4.78, 5) is 39.7. The molecule has 0 bridgehead atoms. The molecule has 4 rings (SSSR count). The number of imide groups is 1. The van der Waals surface area contributed by atoms with Crippen LogP contribution in [0.3, 0.4) is 0 Å². The van der Waals surface area contributed by atoms with Gasteiger partial charge in [-0.1, -0.05) is 13.0 Å². The van der Waals surface area contributed by atoms with Gasteiger partial charge < -0.3 is 10.1 Å². The number of nitrogens with one attached hydrogen (secondary N) is 1. The van der Waals surface area contributed by atoms with Crippen molar-refractivity contribution in [3.63, 3.8) is 0 Å². The highest BCUT2D eigenvalue weighted by atomic mass is 16.5. The van der Waals surface area contributed by atoms with Crippen molar-refractivity contribution in [2.45, 2.75) is 26.2 Å². The summed E-state index contributed by atoms with van der Waals surface area (Å²) in [7, 11) is 1.58. The number of nitrogens with zero attached hydrogens (tertiary/aromatic N) is 1. The van der Waals surface area contributed by atoms with Crippen molar-refractivity contribution in [1.82, 2.24) is 0 Å². The van der Waals surface area contributed by atoms with Crippen LogP contribution in [0.2, 0.25) is 0 Å². The van der Waals surface area contributed by atoms with Crippen LogP contribution >= 0.6 is 0 Å². The fourth-order valence-corrected chi connectivity index (χ4v) is 4.31. The number of anilines is 2. The summed E-state index contributed by atoms with van der Waals surface area (Å²) in [6.07, 6.45) is 2.48. The fourth-order valence-electron chi connectivity index (χ4n) is 4.31. The summed E-state index contributed by atoms with van der Waals surface area (Å²) in [5, 5.41) is 2.82. The van der Waals surface area contributed by atoms with Gasteiger partial charge in [-0.2, -0.15) is 0 Å². The average molecular weight is 392 g/mol. The number of carbonyl (C=O) groups is 3. The summed E-state index contributed by atoms with van der Waals surface area (Å²) in [6.45, 7) is 2.13. The first-order chi connectivity index (χ1) is 14.0. The smallest absolute Gasteiger partial charge is 0.255 e. The topological polar surface area (TPSA) is 75.7 Å². The molecule has 2 aromatic rings. The highest BCUT2D eigenvalue weighted by molar-refractivity contribution is 6.22. The Morgan fingerprint density at radius 3 is 2.48 bits per heavy atom. The molecule has 1 N–H and O–H groups in total. The van der Waals surface area contributed by atoms with E-state index in [2.05, 4.69) is 12.2 Å². The van der Waals surface area contributed by atoms with Gasteiger partial charge in [0, 0.05) is 11.3 Å². The zero-order chi connectivity index (χ0) is 20.5. The summed E-state index contributed by atoms with van der Waals surface area (Å²) < 4.78 is 5.12. The van der Waals surface area contributed by atoms with Gasteiger partial charge in [0.05, 0.1) is 24.6 Å². The largest absolute Gasteiger partial charge is 0.497 e. The lowest BCUT2D eigenvalue weighted by atomic mass is 9.76. The number of rotatable bonds is 4. The van der Waals surface area contributed by atoms with Crippen LogP contribution in [0.4, 0.5) is 11.4 Å². The quantitative estimate of drug-likeness (QED) is 0.802. The molecule has 2 aliphatic rings. The van der Waals surface area contributed by atoms with E-state index in [4.69, 9.17) is 4.74 Å². The summed E-state index contributed by atoms with van der Waals surface area (Å²) >= 11 is 0. The van der Waals surface area contributed by atoms with Crippen molar-refractivity contribution in [3.8, 4) is 5.75 Å². The minimum absolute atomic E-state index is 0.139. The monoisotopic (exact) mass is 392 g/mol. The lowest BCUT2D eigenvalue weighted by Gasteiger charge is -2.25. The molecule has 2 fully saturated rings. The molecule has 1 saturated carbocycles. The van der Waals surface area contributed by atoms with Gasteiger partial charge in [-0.25, -0.2) is 0 Å². The highest BCUT2D eigenvalue weighted by Crippen LogP contribution is 2.42. The van der Waals surface area contributed by atoms with E-state index in [0.29, 0.717) is 28.6 Å². The number of methoxy groups -OCH3 is 1. The third-order valence-electron chi connectivity index (χ3n) is 5.90. The number of benzene rings is 2. The molecular weight excluding hydrogens is 368 g/mol. The maximum absolute atomic E-state index is 12.9. The summed E-state index contributed by atoms with van der Waals surface area (Å²) in [5.41, 5.74) is 1.49. The predicted molar refractivity (Wildman–Crippen MR) is 110 cm³/mol. The predicted octanol–water partition coefficient (Wildman–Crippen LogP) is 3.87. The van der Waals surface area contributed by atoms with E-state index in [1.165, 1.54) is 4.90 Å². The Kier molecular flexibility index (Phi) is 5.09. The molecule has 6 heteroatoms. The van der Waals surface area contributed by atoms with Gasteiger partial charge in [0.1, 0.15) is 5.75 Å². The van der Waals surface area contributed by atoms with Gasteiger partial charge in [0.15, 0.2) is 0 Å². The molecule has 150 valence electrons. The molecule has 1 heterocycles. The van der Waals surface area contributed by atoms with E-state index >= 15 is 0 Å². The van der Waals surface area contributed by atoms with Crippen molar-refractivity contribution in [2.24, 2.45) is 17.8 Å². The van der Waals surface area contributed by atoms with Gasteiger partial charge in [-0.3, -0.25) is 19.3 Å². The van der Waals surface area contributed by atoms with Crippen LogP contribution in [0.1, 0.15) is 36.5 Å². The van der Waals surface area contributed by atoms with Crippen molar-refractivity contribution in [2.75, 3.05) is 17.3 Å². The Hall–Kier alpha value is -3.15. The van der Waals surface area contributed by atoms with E-state index in [0.717, 1.165) is 19.3 Å². The Morgan fingerprint density at radius 1 is 1.03 bits per heavy atom. The number of carbonyl (C=O) groups excluding carboxylic acids is 3. The molecule has 29 heavy (non-hydrogen) atoms. The second kappa shape index (κ2) is 7.70. The molecule has 3 amide bonds. The molecule has 0 aromatic heterocycles. The maximum Gasteiger partial charge on any atom is 0.255 e. The molecule has 0 unspecified atom stereocenters. The van der Waals surface area contributed by atoms with Crippen LogP contribution in [-0.2, 0) is 9.59 Å². The first kappa shape index (κ1) is 19.2. The minimum Gasteiger partial charge on any atom is -0.497 e. The maximum atomic E-state index is 12.9. The van der Waals surface area contributed by atoms with Crippen LogP contribution < -0.4 is 15.0 Å².